The average molecular weight is 481 g/mol. The van der Waals surface area contributed by atoms with Gasteiger partial charge in [-0.2, -0.15) is 4.31 Å². The van der Waals surface area contributed by atoms with Crippen molar-refractivity contribution in [1.29, 1.82) is 0 Å². The van der Waals surface area contributed by atoms with E-state index in [0.717, 1.165) is 31.1 Å². The maximum atomic E-state index is 13.1. The third-order valence-electron chi connectivity index (χ3n) is 6.05. The van der Waals surface area contributed by atoms with Crippen molar-refractivity contribution in [2.24, 2.45) is 0 Å². The summed E-state index contributed by atoms with van der Waals surface area (Å²) in [5, 5.41) is 11.2. The summed E-state index contributed by atoms with van der Waals surface area (Å²) in [5.74, 6) is 0.0416. The summed E-state index contributed by atoms with van der Waals surface area (Å²) >= 11 is 0. The Kier molecular flexibility index (Phi) is 5.93. The highest BCUT2D eigenvalue weighted by atomic mass is 32.2. The zero-order valence-corrected chi connectivity index (χ0v) is 19.4. The second kappa shape index (κ2) is 9.03. The van der Waals surface area contributed by atoms with Crippen molar-refractivity contribution in [3.05, 3.63) is 60.2 Å². The van der Waals surface area contributed by atoms with Gasteiger partial charge in [0.25, 0.3) is 11.8 Å². The molecule has 1 aliphatic heterocycles. The summed E-state index contributed by atoms with van der Waals surface area (Å²) < 4.78 is 39.0. The second-order valence-corrected chi connectivity index (χ2v) is 10.1. The molecule has 1 N–H and O–H groups in total. The standard InChI is InChI=1S/C24H24N4O5S/c1-2-18-8-5-6-14-28(18)34(30,31)19-12-10-16(11-13-19)22(29)25-24-27-26-23(33-24)21-15-17-7-3-4-9-20(17)32-21/h3-4,7,9-13,15,18H,2,5-6,8,14H2,1H3,(H,25,27,29). The predicted octanol–water partition coefficient (Wildman–Crippen LogP) is 4.69. The van der Waals surface area contributed by atoms with E-state index in [0.29, 0.717) is 17.9 Å². The zero-order chi connectivity index (χ0) is 23.7. The third kappa shape index (κ3) is 4.22. The number of rotatable bonds is 6. The summed E-state index contributed by atoms with van der Waals surface area (Å²) in [7, 11) is -3.61. The maximum absolute atomic E-state index is 13.1. The Hall–Kier alpha value is -3.50. The number of fused-ring (bicyclic) bond motifs is 1. The van der Waals surface area contributed by atoms with Gasteiger partial charge in [-0.15, -0.1) is 5.10 Å². The van der Waals surface area contributed by atoms with Crippen LogP contribution >= 0.6 is 0 Å². The van der Waals surface area contributed by atoms with E-state index in [1.165, 1.54) is 24.3 Å². The fourth-order valence-corrected chi connectivity index (χ4v) is 6.01. The van der Waals surface area contributed by atoms with Gasteiger partial charge in [0, 0.05) is 23.5 Å². The highest BCUT2D eigenvalue weighted by molar-refractivity contribution is 7.89. The normalized spacial score (nSPS) is 17.1. The molecule has 1 amide bonds. The summed E-state index contributed by atoms with van der Waals surface area (Å²) in [5.41, 5.74) is 0.958. The van der Waals surface area contributed by atoms with Gasteiger partial charge in [-0.1, -0.05) is 36.6 Å². The molecule has 9 nitrogen and oxygen atoms in total. The number of sulfonamides is 1. The fourth-order valence-electron chi connectivity index (χ4n) is 4.24. The number of amides is 1. The van der Waals surface area contributed by atoms with Crippen LogP contribution in [0.1, 0.15) is 43.0 Å². The lowest BCUT2D eigenvalue weighted by atomic mass is 10.0. The molecule has 1 unspecified atom stereocenters. The number of furan rings is 1. The molecule has 0 bridgehead atoms. The fraction of sp³-hybridized carbons (Fsp3) is 0.292. The van der Waals surface area contributed by atoms with Crippen molar-refractivity contribution in [2.75, 3.05) is 11.9 Å². The minimum atomic E-state index is -3.61. The number of nitrogens with zero attached hydrogens (tertiary/aromatic N) is 3. The molecule has 0 aliphatic carbocycles. The average Bonchev–Trinajstić information content (AvgIpc) is 3.51. The first-order valence-corrected chi connectivity index (χ1v) is 12.7. The number of nitrogens with one attached hydrogen (secondary N) is 1. The van der Waals surface area contributed by atoms with E-state index in [4.69, 9.17) is 8.83 Å². The Morgan fingerprint density at radius 2 is 1.88 bits per heavy atom. The molecule has 3 heterocycles. The number of benzene rings is 2. The molecular formula is C24H24N4O5S. The first-order chi connectivity index (χ1) is 16.5. The predicted molar refractivity (Wildman–Crippen MR) is 126 cm³/mol. The van der Waals surface area contributed by atoms with E-state index >= 15 is 0 Å². The van der Waals surface area contributed by atoms with Crippen LogP contribution in [-0.2, 0) is 10.0 Å². The number of carbonyl (C=O) groups excluding carboxylic acids is 1. The first kappa shape index (κ1) is 22.3. The van der Waals surface area contributed by atoms with Crippen LogP contribution < -0.4 is 5.32 Å². The quantitative estimate of drug-likeness (QED) is 0.425. The van der Waals surface area contributed by atoms with Crippen molar-refractivity contribution in [3.8, 4) is 11.7 Å². The smallest absolute Gasteiger partial charge is 0.322 e. The lowest BCUT2D eigenvalue weighted by molar-refractivity contribution is 0.102. The highest BCUT2D eigenvalue weighted by Gasteiger charge is 2.32. The molecule has 1 fully saturated rings. The molecule has 2 aromatic carbocycles. The van der Waals surface area contributed by atoms with Gasteiger partial charge in [-0.05, 0) is 55.7 Å². The van der Waals surface area contributed by atoms with Crippen LogP contribution in [0.15, 0.2) is 68.3 Å². The molecule has 0 spiro atoms. The van der Waals surface area contributed by atoms with Crippen LogP contribution in [0.4, 0.5) is 6.01 Å². The van der Waals surface area contributed by atoms with Crippen molar-refractivity contribution < 1.29 is 22.0 Å². The van der Waals surface area contributed by atoms with Crippen LogP contribution in [0.5, 0.6) is 0 Å². The lowest BCUT2D eigenvalue weighted by Gasteiger charge is -2.34. The van der Waals surface area contributed by atoms with Gasteiger partial charge in [0.2, 0.25) is 10.0 Å². The van der Waals surface area contributed by atoms with Crippen molar-refractivity contribution in [3.63, 3.8) is 0 Å². The molecular weight excluding hydrogens is 456 g/mol. The molecule has 1 aliphatic rings. The molecule has 4 aromatic rings. The van der Waals surface area contributed by atoms with Crippen molar-refractivity contribution >= 4 is 32.9 Å². The Balaban J connectivity index is 1.29. The number of hydrogen-bond donors (Lipinski definition) is 1. The van der Waals surface area contributed by atoms with E-state index in [2.05, 4.69) is 15.5 Å². The summed E-state index contributed by atoms with van der Waals surface area (Å²) in [6, 6.07) is 15.1. The number of para-hydroxylation sites is 1. The van der Waals surface area contributed by atoms with Crippen molar-refractivity contribution in [1.82, 2.24) is 14.5 Å². The molecule has 1 atom stereocenters. The minimum absolute atomic E-state index is 0.0141. The van der Waals surface area contributed by atoms with Crippen LogP contribution in [0.2, 0.25) is 0 Å². The van der Waals surface area contributed by atoms with Crippen LogP contribution in [0.3, 0.4) is 0 Å². The van der Waals surface area contributed by atoms with Crippen LogP contribution in [0, 0.1) is 0 Å². The van der Waals surface area contributed by atoms with E-state index in [1.807, 2.05) is 31.2 Å². The Morgan fingerprint density at radius 1 is 1.09 bits per heavy atom. The third-order valence-corrected chi connectivity index (χ3v) is 8.02. The van der Waals surface area contributed by atoms with Crippen molar-refractivity contribution in [2.45, 2.75) is 43.5 Å². The minimum Gasteiger partial charge on any atom is -0.451 e. The van der Waals surface area contributed by atoms with Gasteiger partial charge in [0.15, 0.2) is 5.76 Å². The van der Waals surface area contributed by atoms with Gasteiger partial charge in [0.1, 0.15) is 5.58 Å². The molecule has 0 radical (unpaired) electrons. The van der Waals surface area contributed by atoms with E-state index in [1.54, 1.807) is 10.4 Å². The molecule has 1 saturated heterocycles. The maximum Gasteiger partial charge on any atom is 0.322 e. The van der Waals surface area contributed by atoms with Gasteiger partial charge in [-0.25, -0.2) is 8.42 Å². The van der Waals surface area contributed by atoms with E-state index < -0.39 is 15.9 Å². The highest BCUT2D eigenvalue weighted by Crippen LogP contribution is 2.29. The second-order valence-electron chi connectivity index (χ2n) is 8.21. The topological polar surface area (TPSA) is 119 Å². The van der Waals surface area contributed by atoms with Gasteiger partial charge in [0.05, 0.1) is 4.90 Å². The summed E-state index contributed by atoms with van der Waals surface area (Å²) in [6.07, 6.45) is 3.55. The number of aromatic nitrogens is 2. The number of carbonyl (C=O) groups is 1. The first-order valence-electron chi connectivity index (χ1n) is 11.2. The SMILES string of the molecule is CCC1CCCCN1S(=O)(=O)c1ccc(C(=O)Nc2nnc(-c3cc4ccccc4o3)o2)cc1. The molecule has 2 aromatic heterocycles. The molecule has 0 saturated carbocycles. The Morgan fingerprint density at radius 3 is 2.65 bits per heavy atom. The molecule has 10 heteroatoms. The Bertz CT molecular complexity index is 1390. The monoisotopic (exact) mass is 480 g/mol. The van der Waals surface area contributed by atoms with Gasteiger partial charge >= 0.3 is 6.01 Å². The summed E-state index contributed by atoms with van der Waals surface area (Å²) in [6.45, 7) is 2.52. The molecule has 34 heavy (non-hydrogen) atoms. The van der Waals surface area contributed by atoms with E-state index in [-0.39, 0.29) is 28.4 Å². The number of hydrogen-bond acceptors (Lipinski definition) is 7. The van der Waals surface area contributed by atoms with Crippen LogP contribution in [0.25, 0.3) is 22.6 Å². The molecule has 176 valence electrons. The largest absolute Gasteiger partial charge is 0.451 e. The number of anilines is 1. The van der Waals surface area contributed by atoms with Crippen LogP contribution in [-0.4, -0.2) is 41.4 Å². The summed E-state index contributed by atoms with van der Waals surface area (Å²) in [4.78, 5) is 12.8. The van der Waals surface area contributed by atoms with E-state index in [9.17, 15) is 13.2 Å². The molecule has 5 rings (SSSR count). The Labute approximate surface area is 196 Å². The zero-order valence-electron chi connectivity index (χ0n) is 18.6. The van der Waals surface area contributed by atoms with Gasteiger partial charge in [-0.3, -0.25) is 10.1 Å². The number of piperidine rings is 1. The lowest BCUT2D eigenvalue weighted by Crippen LogP contribution is -2.43. The van der Waals surface area contributed by atoms with Gasteiger partial charge < -0.3 is 8.83 Å².